The summed E-state index contributed by atoms with van der Waals surface area (Å²) in [5.41, 5.74) is 0. The van der Waals surface area contributed by atoms with E-state index >= 15 is 0 Å². The summed E-state index contributed by atoms with van der Waals surface area (Å²) in [5, 5.41) is 2.59. The Morgan fingerprint density at radius 2 is 1.73 bits per heavy atom. The van der Waals surface area contributed by atoms with Crippen molar-refractivity contribution in [2.75, 3.05) is 12.7 Å². The number of hydrogen-bond donors (Lipinski definition) is 5. The lowest BCUT2D eigenvalue weighted by Gasteiger charge is -2.18. The van der Waals surface area contributed by atoms with Gasteiger partial charge in [0.25, 0.3) is 0 Å². The van der Waals surface area contributed by atoms with Gasteiger partial charge in [-0.2, -0.15) is 0 Å². The summed E-state index contributed by atoms with van der Waals surface area (Å²) in [6.07, 6.45) is -0.231. The molecule has 0 aliphatic heterocycles. The Labute approximate surface area is 88.2 Å². The third-order valence-electron chi connectivity index (χ3n) is 1.77. The van der Waals surface area contributed by atoms with Gasteiger partial charge in [0, 0.05) is 6.16 Å². The molecular formula is C6H17NO6P2. The molecule has 0 amide bonds. The lowest BCUT2D eigenvalue weighted by molar-refractivity contribution is 0.338. The van der Waals surface area contributed by atoms with E-state index in [0.29, 0.717) is 6.54 Å². The summed E-state index contributed by atoms with van der Waals surface area (Å²) >= 11 is 0. The highest BCUT2D eigenvalue weighted by atomic mass is 31.2. The molecule has 7 nitrogen and oxygen atoms in total. The maximum Gasteiger partial charge on any atom is 0.342 e. The molecule has 0 heterocycles. The highest BCUT2D eigenvalue weighted by molar-refractivity contribution is 7.52. The molecule has 5 N–H and O–H groups in total. The highest BCUT2D eigenvalue weighted by Gasteiger charge is 2.28. The van der Waals surface area contributed by atoms with Crippen molar-refractivity contribution < 1.29 is 28.7 Å². The molecule has 0 aliphatic carbocycles. The Morgan fingerprint density at radius 1 is 1.20 bits per heavy atom. The van der Waals surface area contributed by atoms with Crippen molar-refractivity contribution in [2.45, 2.75) is 25.5 Å². The van der Waals surface area contributed by atoms with Gasteiger partial charge in [0.05, 0.1) is 0 Å². The molecule has 1 atom stereocenters. The zero-order chi connectivity index (χ0) is 12.1. The van der Waals surface area contributed by atoms with Crippen LogP contribution < -0.4 is 5.32 Å². The monoisotopic (exact) mass is 261 g/mol. The minimum atomic E-state index is -4.24. The van der Waals surface area contributed by atoms with Gasteiger partial charge in [-0.15, -0.1) is 0 Å². The summed E-state index contributed by atoms with van der Waals surface area (Å²) in [4.78, 5) is 34.9. The number of rotatable bonds is 7. The van der Waals surface area contributed by atoms with Crippen LogP contribution in [0.1, 0.15) is 19.8 Å². The third kappa shape index (κ3) is 8.11. The average molecular weight is 261 g/mol. The maximum absolute atomic E-state index is 10.9. The fourth-order valence-corrected chi connectivity index (χ4v) is 2.65. The minimum Gasteiger partial charge on any atom is -0.324 e. The summed E-state index contributed by atoms with van der Waals surface area (Å²) in [7, 11) is -8.31. The van der Waals surface area contributed by atoms with Gasteiger partial charge in [-0.05, 0) is 19.4 Å². The van der Waals surface area contributed by atoms with Crippen molar-refractivity contribution in [3.05, 3.63) is 0 Å². The second-order valence-electron chi connectivity index (χ2n) is 3.19. The smallest absolute Gasteiger partial charge is 0.324 e. The van der Waals surface area contributed by atoms with Crippen LogP contribution in [0, 0.1) is 0 Å². The van der Waals surface area contributed by atoms with Crippen molar-refractivity contribution in [3.8, 4) is 0 Å². The zero-order valence-corrected chi connectivity index (χ0v) is 10.2. The first-order chi connectivity index (χ1) is 6.67. The van der Waals surface area contributed by atoms with Crippen molar-refractivity contribution in [2.24, 2.45) is 0 Å². The van der Waals surface area contributed by atoms with Gasteiger partial charge in [-0.25, -0.2) is 0 Å². The van der Waals surface area contributed by atoms with E-state index in [4.69, 9.17) is 19.6 Å². The number of hydrogen-bond acceptors (Lipinski definition) is 3. The molecule has 15 heavy (non-hydrogen) atoms. The van der Waals surface area contributed by atoms with Crippen LogP contribution in [0.2, 0.25) is 0 Å². The molecule has 0 fully saturated rings. The largest absolute Gasteiger partial charge is 0.342 e. The predicted molar refractivity (Wildman–Crippen MR) is 55.7 cm³/mol. The highest BCUT2D eigenvalue weighted by Crippen LogP contribution is 2.43. The van der Waals surface area contributed by atoms with Crippen LogP contribution in [0.25, 0.3) is 0 Å². The summed E-state index contributed by atoms with van der Waals surface area (Å²) < 4.78 is 21.4. The molecule has 0 aliphatic rings. The standard InChI is InChI=1S/C6H17NO6P2/c1-2-7-6(15(11,12)13)4-3-5-14(8,9)10/h6-7H,2-5H2,1H3,(H2,8,9,10)(H2,11,12,13). The molecule has 92 valence electrons. The fourth-order valence-electron chi connectivity index (χ4n) is 1.12. The van der Waals surface area contributed by atoms with Crippen LogP contribution in [-0.4, -0.2) is 38.1 Å². The van der Waals surface area contributed by atoms with Crippen LogP contribution in [-0.2, 0) is 9.13 Å². The van der Waals surface area contributed by atoms with E-state index in [1.165, 1.54) is 0 Å². The Hall–Kier alpha value is 0.260. The van der Waals surface area contributed by atoms with Gasteiger partial charge in [0.2, 0.25) is 0 Å². The quantitative estimate of drug-likeness (QED) is 0.410. The van der Waals surface area contributed by atoms with Crippen LogP contribution in [0.15, 0.2) is 0 Å². The minimum absolute atomic E-state index is 0.0449. The topological polar surface area (TPSA) is 127 Å². The molecule has 0 rings (SSSR count). The third-order valence-corrected chi connectivity index (χ3v) is 3.92. The molecule has 1 unspecified atom stereocenters. The van der Waals surface area contributed by atoms with Crippen LogP contribution in [0.3, 0.4) is 0 Å². The van der Waals surface area contributed by atoms with E-state index < -0.39 is 21.0 Å². The molecular weight excluding hydrogens is 244 g/mol. The number of nitrogens with one attached hydrogen (secondary N) is 1. The molecule has 9 heteroatoms. The molecule has 0 radical (unpaired) electrons. The van der Waals surface area contributed by atoms with E-state index in [1.54, 1.807) is 6.92 Å². The van der Waals surface area contributed by atoms with Crippen molar-refractivity contribution in [1.29, 1.82) is 0 Å². The first-order valence-electron chi connectivity index (χ1n) is 4.50. The molecule has 0 bridgehead atoms. The first-order valence-corrected chi connectivity index (χ1v) is 7.98. The van der Waals surface area contributed by atoms with Gasteiger partial charge in [0.1, 0.15) is 5.78 Å². The van der Waals surface area contributed by atoms with Gasteiger partial charge in [0.15, 0.2) is 0 Å². The molecule has 0 aromatic rings. The average Bonchev–Trinajstić information content (AvgIpc) is 1.98. The first kappa shape index (κ1) is 15.3. The van der Waals surface area contributed by atoms with E-state index in [9.17, 15) is 9.13 Å². The summed E-state index contributed by atoms with van der Waals surface area (Å²) in [6.45, 7) is 2.09. The van der Waals surface area contributed by atoms with Crippen LogP contribution >= 0.6 is 15.2 Å². The Balaban J connectivity index is 4.09. The lowest BCUT2D eigenvalue weighted by atomic mass is 10.3. The molecule has 0 spiro atoms. The second-order valence-corrected chi connectivity index (χ2v) is 6.77. The fraction of sp³-hybridized carbons (Fsp3) is 1.00. The van der Waals surface area contributed by atoms with Gasteiger partial charge < -0.3 is 24.9 Å². The van der Waals surface area contributed by atoms with Crippen molar-refractivity contribution in [3.63, 3.8) is 0 Å². The Kier molecular flexibility index (Phi) is 6.21. The Bertz CT molecular complexity index is 271. The summed E-state index contributed by atoms with van der Waals surface area (Å²) in [6, 6.07) is 0. The predicted octanol–water partition coefficient (Wildman–Crippen LogP) is 0.0576. The van der Waals surface area contributed by atoms with Gasteiger partial charge >= 0.3 is 15.2 Å². The molecule has 0 aromatic heterocycles. The maximum atomic E-state index is 10.9. The SMILES string of the molecule is CCNC(CCCP(=O)(O)O)P(=O)(O)O. The van der Waals surface area contributed by atoms with Crippen LogP contribution in [0.4, 0.5) is 0 Å². The van der Waals surface area contributed by atoms with Crippen molar-refractivity contribution >= 4 is 15.2 Å². The van der Waals surface area contributed by atoms with Crippen molar-refractivity contribution in [1.82, 2.24) is 5.32 Å². The van der Waals surface area contributed by atoms with Gasteiger partial charge in [-0.3, -0.25) is 9.13 Å². The second kappa shape index (κ2) is 6.11. The van der Waals surface area contributed by atoms with Crippen LogP contribution in [0.5, 0.6) is 0 Å². The normalized spacial score (nSPS) is 15.3. The molecule has 0 saturated heterocycles. The molecule has 0 aromatic carbocycles. The van der Waals surface area contributed by atoms with E-state index in [-0.39, 0.29) is 19.0 Å². The Morgan fingerprint density at radius 3 is 2.07 bits per heavy atom. The van der Waals surface area contributed by atoms with E-state index in [0.717, 1.165) is 0 Å². The lowest BCUT2D eigenvalue weighted by Crippen LogP contribution is -2.28. The summed E-state index contributed by atoms with van der Waals surface area (Å²) in [5.74, 6) is -1.02. The van der Waals surface area contributed by atoms with E-state index in [1.807, 2.05) is 0 Å². The molecule has 0 saturated carbocycles. The van der Waals surface area contributed by atoms with Gasteiger partial charge in [-0.1, -0.05) is 6.92 Å². The zero-order valence-electron chi connectivity index (χ0n) is 8.41. The van der Waals surface area contributed by atoms with E-state index in [2.05, 4.69) is 5.32 Å².